The van der Waals surface area contributed by atoms with E-state index in [1.165, 1.54) is 0 Å². The highest BCUT2D eigenvalue weighted by atomic mass is 16.5. The second-order valence-electron chi connectivity index (χ2n) is 4.80. The predicted octanol–water partition coefficient (Wildman–Crippen LogP) is 1.32. The minimum atomic E-state index is -0.981. The third kappa shape index (κ3) is 4.04. The number of amides is 1. The zero-order chi connectivity index (χ0) is 15.2. The number of nitrogens with zero attached hydrogens (tertiary/aromatic N) is 2. The normalized spacial score (nSPS) is 11.3. The first-order chi connectivity index (χ1) is 9.43. The number of hydrogen-bond donors (Lipinski definition) is 2. The van der Waals surface area contributed by atoms with Crippen LogP contribution in [0.25, 0.3) is 0 Å². The Labute approximate surface area is 117 Å². The molecule has 0 bridgehead atoms. The fourth-order valence-electron chi connectivity index (χ4n) is 2.00. The highest BCUT2D eigenvalue weighted by Gasteiger charge is 2.36. The van der Waals surface area contributed by atoms with Gasteiger partial charge >= 0.3 is 5.97 Å². The van der Waals surface area contributed by atoms with Crippen LogP contribution in [0.3, 0.4) is 0 Å². The smallest absolute Gasteiger partial charge is 0.310 e. The van der Waals surface area contributed by atoms with Crippen LogP contribution < -0.4 is 5.32 Å². The van der Waals surface area contributed by atoms with Crippen LogP contribution in [-0.2, 0) is 16.0 Å². The van der Waals surface area contributed by atoms with Crippen LogP contribution in [0.5, 0.6) is 0 Å². The van der Waals surface area contributed by atoms with Gasteiger partial charge in [-0.3, -0.25) is 9.59 Å². The molecule has 0 unspecified atom stereocenters. The van der Waals surface area contributed by atoms with Crippen molar-refractivity contribution in [1.29, 1.82) is 0 Å². The van der Waals surface area contributed by atoms with E-state index in [-0.39, 0.29) is 12.3 Å². The van der Waals surface area contributed by atoms with E-state index in [2.05, 4.69) is 15.5 Å². The zero-order valence-corrected chi connectivity index (χ0v) is 12.1. The average molecular weight is 283 g/mol. The van der Waals surface area contributed by atoms with Crippen LogP contribution in [0, 0.1) is 12.3 Å². The van der Waals surface area contributed by atoms with E-state index in [1.807, 2.05) is 0 Å². The predicted molar refractivity (Wildman–Crippen MR) is 71.0 cm³/mol. The van der Waals surface area contributed by atoms with Crippen molar-refractivity contribution in [3.8, 4) is 0 Å². The molecule has 112 valence electrons. The molecule has 20 heavy (non-hydrogen) atoms. The Morgan fingerprint density at radius 2 is 2.00 bits per heavy atom. The lowest BCUT2D eigenvalue weighted by atomic mass is 9.79. The molecule has 1 heterocycles. The van der Waals surface area contributed by atoms with Crippen molar-refractivity contribution in [1.82, 2.24) is 15.5 Å². The first kappa shape index (κ1) is 16.1. The molecule has 0 saturated carbocycles. The molecule has 1 aromatic rings. The van der Waals surface area contributed by atoms with Gasteiger partial charge in [0.05, 0.1) is 5.41 Å². The number of rotatable bonds is 8. The molecule has 2 N–H and O–H groups in total. The van der Waals surface area contributed by atoms with Gasteiger partial charge in [0.2, 0.25) is 11.8 Å². The maximum atomic E-state index is 11.8. The Balaban J connectivity index is 2.44. The number of aliphatic carboxylic acids is 1. The summed E-state index contributed by atoms with van der Waals surface area (Å²) < 4.78 is 4.92. The fraction of sp³-hybridized carbons (Fsp3) is 0.692. The molecule has 7 heteroatoms. The Kier molecular flexibility index (Phi) is 5.66. The first-order valence-electron chi connectivity index (χ1n) is 6.72. The largest absolute Gasteiger partial charge is 0.481 e. The van der Waals surface area contributed by atoms with Crippen molar-refractivity contribution in [2.45, 2.75) is 46.5 Å². The number of hydrogen-bond acceptors (Lipinski definition) is 5. The number of aromatic nitrogens is 2. The molecular formula is C13H21N3O4. The van der Waals surface area contributed by atoms with Crippen LogP contribution in [0.15, 0.2) is 4.52 Å². The van der Waals surface area contributed by atoms with E-state index in [1.54, 1.807) is 20.8 Å². The van der Waals surface area contributed by atoms with E-state index in [0.717, 1.165) is 0 Å². The molecule has 0 aromatic carbocycles. The lowest BCUT2D eigenvalue weighted by molar-refractivity contribution is -0.152. The zero-order valence-electron chi connectivity index (χ0n) is 12.1. The van der Waals surface area contributed by atoms with Crippen molar-refractivity contribution < 1.29 is 19.2 Å². The third-order valence-electron chi connectivity index (χ3n) is 3.54. The van der Waals surface area contributed by atoms with Crippen LogP contribution in [0.4, 0.5) is 0 Å². The van der Waals surface area contributed by atoms with E-state index in [0.29, 0.717) is 37.5 Å². The summed E-state index contributed by atoms with van der Waals surface area (Å²) in [5.74, 6) is -0.191. The molecule has 0 spiro atoms. The van der Waals surface area contributed by atoms with Gasteiger partial charge in [0, 0.05) is 19.4 Å². The fourth-order valence-corrected chi connectivity index (χ4v) is 2.00. The van der Waals surface area contributed by atoms with E-state index < -0.39 is 11.4 Å². The summed E-state index contributed by atoms with van der Waals surface area (Å²) in [6.45, 7) is 5.64. The molecule has 0 saturated heterocycles. The number of nitrogens with one attached hydrogen (secondary N) is 1. The summed E-state index contributed by atoms with van der Waals surface area (Å²) in [6.07, 6.45) is 1.27. The Morgan fingerprint density at radius 3 is 2.45 bits per heavy atom. The van der Waals surface area contributed by atoms with E-state index in [9.17, 15) is 14.7 Å². The van der Waals surface area contributed by atoms with Crippen molar-refractivity contribution >= 4 is 11.9 Å². The third-order valence-corrected chi connectivity index (χ3v) is 3.54. The molecule has 1 aromatic heterocycles. The van der Waals surface area contributed by atoms with Crippen molar-refractivity contribution in [2.75, 3.05) is 6.54 Å². The van der Waals surface area contributed by atoms with Gasteiger partial charge in [0.1, 0.15) is 0 Å². The van der Waals surface area contributed by atoms with Gasteiger partial charge in [-0.25, -0.2) is 0 Å². The second kappa shape index (κ2) is 7.02. The SMILES string of the molecule is CCC(CC)(CC(=O)NCCc1nc(C)no1)C(=O)O. The molecule has 0 radical (unpaired) electrons. The van der Waals surface area contributed by atoms with Gasteiger partial charge in [0.15, 0.2) is 5.82 Å². The van der Waals surface area contributed by atoms with E-state index in [4.69, 9.17) is 4.52 Å². The lowest BCUT2D eigenvalue weighted by Crippen LogP contribution is -2.37. The Bertz CT molecular complexity index is 466. The van der Waals surface area contributed by atoms with Gasteiger partial charge in [-0.2, -0.15) is 4.98 Å². The molecule has 1 amide bonds. The molecule has 7 nitrogen and oxygen atoms in total. The van der Waals surface area contributed by atoms with Gasteiger partial charge in [-0.05, 0) is 19.8 Å². The first-order valence-corrected chi connectivity index (χ1v) is 6.72. The van der Waals surface area contributed by atoms with Crippen molar-refractivity contribution in [3.05, 3.63) is 11.7 Å². The quantitative estimate of drug-likeness (QED) is 0.745. The summed E-state index contributed by atoms with van der Waals surface area (Å²) in [4.78, 5) is 27.2. The van der Waals surface area contributed by atoms with Crippen LogP contribution in [-0.4, -0.2) is 33.7 Å². The summed E-state index contributed by atoms with van der Waals surface area (Å²) in [5, 5.41) is 15.6. The summed E-state index contributed by atoms with van der Waals surface area (Å²) in [6, 6.07) is 0. The minimum absolute atomic E-state index is 0.0157. The van der Waals surface area contributed by atoms with Crippen LogP contribution in [0.2, 0.25) is 0 Å². The second-order valence-corrected chi connectivity index (χ2v) is 4.80. The van der Waals surface area contributed by atoms with Gasteiger partial charge in [0.25, 0.3) is 0 Å². The number of carbonyl (C=O) groups is 2. The summed E-state index contributed by atoms with van der Waals surface area (Å²) in [7, 11) is 0. The Morgan fingerprint density at radius 1 is 1.35 bits per heavy atom. The summed E-state index contributed by atoms with van der Waals surface area (Å²) >= 11 is 0. The van der Waals surface area contributed by atoms with Gasteiger partial charge in [-0.15, -0.1) is 0 Å². The topological polar surface area (TPSA) is 105 Å². The highest BCUT2D eigenvalue weighted by Crippen LogP contribution is 2.30. The monoisotopic (exact) mass is 283 g/mol. The van der Waals surface area contributed by atoms with E-state index >= 15 is 0 Å². The van der Waals surface area contributed by atoms with Crippen LogP contribution >= 0.6 is 0 Å². The van der Waals surface area contributed by atoms with Gasteiger partial charge in [-0.1, -0.05) is 19.0 Å². The molecule has 0 aliphatic carbocycles. The molecule has 0 fully saturated rings. The van der Waals surface area contributed by atoms with Crippen molar-refractivity contribution in [3.63, 3.8) is 0 Å². The maximum absolute atomic E-state index is 11.8. The number of carboxylic acids is 1. The van der Waals surface area contributed by atoms with Crippen molar-refractivity contribution in [2.24, 2.45) is 5.41 Å². The Hall–Kier alpha value is -1.92. The maximum Gasteiger partial charge on any atom is 0.310 e. The molecule has 0 aliphatic heterocycles. The van der Waals surface area contributed by atoms with Crippen LogP contribution in [0.1, 0.15) is 44.8 Å². The number of carbonyl (C=O) groups excluding carboxylic acids is 1. The molecular weight excluding hydrogens is 262 g/mol. The molecule has 1 rings (SSSR count). The standard InChI is InChI=1S/C13H21N3O4/c1-4-13(5-2,12(18)19)8-10(17)14-7-6-11-15-9(3)16-20-11/h4-8H2,1-3H3,(H,14,17)(H,18,19). The lowest BCUT2D eigenvalue weighted by Gasteiger charge is -2.25. The number of carboxylic acid groups (broad SMARTS) is 1. The highest BCUT2D eigenvalue weighted by molar-refractivity contribution is 5.84. The van der Waals surface area contributed by atoms with Gasteiger partial charge < -0.3 is 14.9 Å². The number of aryl methyl sites for hydroxylation is 1. The average Bonchev–Trinajstić information content (AvgIpc) is 2.81. The minimum Gasteiger partial charge on any atom is -0.481 e. The summed E-state index contributed by atoms with van der Waals surface area (Å²) in [5.41, 5.74) is -0.981. The molecule has 0 aliphatic rings. The molecule has 0 atom stereocenters.